The fourth-order valence-corrected chi connectivity index (χ4v) is 2.49. The molecule has 0 aliphatic rings. The molecule has 23 heavy (non-hydrogen) atoms. The highest BCUT2D eigenvalue weighted by Gasteiger charge is 2.04. The summed E-state index contributed by atoms with van der Waals surface area (Å²) in [5.41, 5.74) is 4.93. The molecule has 0 radical (unpaired) electrons. The maximum Gasteiger partial charge on any atom is 0.159 e. The summed E-state index contributed by atoms with van der Waals surface area (Å²) < 4.78 is 26.2. The summed E-state index contributed by atoms with van der Waals surface area (Å²) in [6.07, 6.45) is 4.64. The molecule has 0 atom stereocenters. The Morgan fingerprint density at radius 3 is 2.43 bits per heavy atom. The van der Waals surface area contributed by atoms with Crippen LogP contribution in [-0.2, 0) is 6.42 Å². The summed E-state index contributed by atoms with van der Waals surface area (Å²) in [6.45, 7) is 5.93. The lowest BCUT2D eigenvalue weighted by atomic mass is 10.0. The Balaban J connectivity index is 2.16. The van der Waals surface area contributed by atoms with Gasteiger partial charge in [0.25, 0.3) is 0 Å². The van der Waals surface area contributed by atoms with E-state index in [1.54, 1.807) is 6.07 Å². The second-order valence-electron chi connectivity index (χ2n) is 5.76. The molecule has 0 aromatic heterocycles. The van der Waals surface area contributed by atoms with Gasteiger partial charge in [-0.25, -0.2) is 8.78 Å². The molecule has 0 aliphatic carbocycles. The molecule has 0 unspecified atom stereocenters. The summed E-state index contributed by atoms with van der Waals surface area (Å²) in [7, 11) is 0. The third-order valence-electron chi connectivity index (χ3n) is 3.66. The van der Waals surface area contributed by atoms with Crippen molar-refractivity contribution in [1.82, 2.24) is 0 Å². The van der Waals surface area contributed by atoms with Crippen LogP contribution in [0.1, 0.15) is 30.5 Å². The van der Waals surface area contributed by atoms with Crippen molar-refractivity contribution in [2.75, 3.05) is 0 Å². The van der Waals surface area contributed by atoms with Crippen LogP contribution in [0.15, 0.2) is 54.1 Å². The van der Waals surface area contributed by atoms with E-state index in [0.717, 1.165) is 34.2 Å². The van der Waals surface area contributed by atoms with Crippen molar-refractivity contribution in [2.45, 2.75) is 27.2 Å². The molecule has 0 bridgehead atoms. The normalized spacial score (nSPS) is 12.6. The zero-order valence-corrected chi connectivity index (χ0v) is 14.2. The number of benzene rings is 2. The van der Waals surface area contributed by atoms with Crippen LogP contribution >= 0.6 is 11.6 Å². The van der Waals surface area contributed by atoms with E-state index >= 15 is 0 Å². The molecule has 0 amide bonds. The van der Waals surface area contributed by atoms with Crippen molar-refractivity contribution in [2.24, 2.45) is 0 Å². The first-order valence-corrected chi connectivity index (χ1v) is 7.79. The van der Waals surface area contributed by atoms with Crippen molar-refractivity contribution < 1.29 is 8.78 Å². The summed E-state index contributed by atoms with van der Waals surface area (Å²) >= 11 is 6.21. The van der Waals surface area contributed by atoms with Gasteiger partial charge in [0.05, 0.1) is 0 Å². The molecule has 0 nitrogen and oxygen atoms in total. The zero-order valence-electron chi connectivity index (χ0n) is 13.5. The van der Waals surface area contributed by atoms with E-state index in [1.165, 1.54) is 11.6 Å². The van der Waals surface area contributed by atoms with E-state index in [0.29, 0.717) is 5.56 Å². The molecule has 0 saturated heterocycles. The first kappa shape index (κ1) is 17.4. The standard InChI is InChI=1S/C20H19ClF2/c1-13(10-17-11-14(2)5-8-18(17)21)4-6-15(3)16-7-9-19(22)20(23)12-16/h4-9,11-12H,10H2,1-3H3/b13-4+,15-6+. The smallest absolute Gasteiger partial charge is 0.159 e. The van der Waals surface area contributed by atoms with Gasteiger partial charge in [-0.1, -0.05) is 53.1 Å². The van der Waals surface area contributed by atoms with Crippen LogP contribution < -0.4 is 0 Å². The van der Waals surface area contributed by atoms with Gasteiger partial charge in [0.15, 0.2) is 11.6 Å². The molecule has 3 heteroatoms. The zero-order chi connectivity index (χ0) is 17.0. The Labute approximate surface area is 141 Å². The molecule has 0 N–H and O–H groups in total. The number of allylic oxidation sites excluding steroid dienone is 4. The van der Waals surface area contributed by atoms with Gasteiger partial charge in [-0.3, -0.25) is 0 Å². The third-order valence-corrected chi connectivity index (χ3v) is 4.03. The highest BCUT2D eigenvalue weighted by atomic mass is 35.5. The van der Waals surface area contributed by atoms with Crippen LogP contribution in [-0.4, -0.2) is 0 Å². The highest BCUT2D eigenvalue weighted by Crippen LogP contribution is 2.21. The van der Waals surface area contributed by atoms with Crippen molar-refractivity contribution in [3.63, 3.8) is 0 Å². The monoisotopic (exact) mass is 332 g/mol. The summed E-state index contributed by atoms with van der Waals surface area (Å²) in [5.74, 6) is -1.66. The van der Waals surface area contributed by atoms with Crippen molar-refractivity contribution in [3.05, 3.63) is 87.5 Å². The van der Waals surface area contributed by atoms with E-state index in [1.807, 2.05) is 45.1 Å². The molecule has 0 aliphatic heterocycles. The van der Waals surface area contributed by atoms with Gasteiger partial charge >= 0.3 is 0 Å². The Morgan fingerprint density at radius 2 is 1.74 bits per heavy atom. The molecule has 0 saturated carbocycles. The predicted octanol–water partition coefficient (Wildman–Crippen LogP) is 6.52. The second-order valence-corrected chi connectivity index (χ2v) is 6.17. The van der Waals surface area contributed by atoms with Crippen LogP contribution in [0, 0.1) is 18.6 Å². The van der Waals surface area contributed by atoms with Crippen molar-refractivity contribution in [3.8, 4) is 0 Å². The minimum atomic E-state index is -0.831. The third kappa shape index (κ3) is 4.77. The topological polar surface area (TPSA) is 0 Å². The van der Waals surface area contributed by atoms with E-state index in [-0.39, 0.29) is 0 Å². The quantitative estimate of drug-likeness (QED) is 0.559. The van der Waals surface area contributed by atoms with Gasteiger partial charge in [0, 0.05) is 5.02 Å². The van der Waals surface area contributed by atoms with Gasteiger partial charge in [-0.05, 0) is 62.1 Å². The second kappa shape index (κ2) is 7.56. The Hall–Kier alpha value is -1.93. The summed E-state index contributed by atoms with van der Waals surface area (Å²) in [6, 6.07) is 9.89. The molecule has 120 valence electrons. The maximum absolute atomic E-state index is 13.3. The minimum Gasteiger partial charge on any atom is -0.204 e. The lowest BCUT2D eigenvalue weighted by Gasteiger charge is -2.06. The Kier molecular flexibility index (Phi) is 5.73. The van der Waals surface area contributed by atoms with Crippen LogP contribution in [0.2, 0.25) is 5.02 Å². The molecule has 0 spiro atoms. The van der Waals surface area contributed by atoms with E-state index < -0.39 is 11.6 Å². The predicted molar refractivity (Wildman–Crippen MR) is 93.7 cm³/mol. The van der Waals surface area contributed by atoms with Crippen molar-refractivity contribution >= 4 is 17.2 Å². The molecule has 2 aromatic rings. The van der Waals surface area contributed by atoms with Crippen LogP contribution in [0.5, 0.6) is 0 Å². The molecule has 2 rings (SSSR count). The number of rotatable bonds is 4. The van der Waals surface area contributed by atoms with Gasteiger partial charge in [0.2, 0.25) is 0 Å². The lowest BCUT2D eigenvalue weighted by Crippen LogP contribution is -1.90. The number of aryl methyl sites for hydroxylation is 1. The van der Waals surface area contributed by atoms with Crippen LogP contribution in [0.4, 0.5) is 8.78 Å². The first-order valence-electron chi connectivity index (χ1n) is 7.41. The van der Waals surface area contributed by atoms with Crippen LogP contribution in [0.25, 0.3) is 5.57 Å². The fraction of sp³-hybridized carbons (Fsp3) is 0.200. The van der Waals surface area contributed by atoms with Crippen molar-refractivity contribution in [1.29, 1.82) is 0 Å². The Bertz CT molecular complexity index is 773. The Morgan fingerprint density at radius 1 is 1.00 bits per heavy atom. The average molecular weight is 333 g/mol. The SMILES string of the molecule is C/C(=C\C=C(/C)c1ccc(F)c(F)c1)Cc1cc(C)ccc1Cl. The maximum atomic E-state index is 13.3. The molecular formula is C20H19ClF2. The number of hydrogen-bond acceptors (Lipinski definition) is 0. The molecule has 2 aromatic carbocycles. The minimum absolute atomic E-state index is 0.668. The number of hydrogen-bond donors (Lipinski definition) is 0. The summed E-state index contributed by atoms with van der Waals surface area (Å²) in [5, 5.41) is 0.754. The molecular weight excluding hydrogens is 314 g/mol. The largest absolute Gasteiger partial charge is 0.204 e. The summed E-state index contributed by atoms with van der Waals surface area (Å²) in [4.78, 5) is 0. The average Bonchev–Trinajstić information content (AvgIpc) is 2.51. The fourth-order valence-electron chi connectivity index (χ4n) is 2.30. The molecule has 0 heterocycles. The lowest BCUT2D eigenvalue weighted by molar-refractivity contribution is 0.508. The van der Waals surface area contributed by atoms with Gasteiger partial charge in [0.1, 0.15) is 0 Å². The van der Waals surface area contributed by atoms with E-state index in [4.69, 9.17) is 11.6 Å². The first-order chi connectivity index (χ1) is 10.9. The number of halogens is 3. The van der Waals surface area contributed by atoms with Crippen LogP contribution in [0.3, 0.4) is 0 Å². The van der Waals surface area contributed by atoms with Gasteiger partial charge in [-0.15, -0.1) is 0 Å². The highest BCUT2D eigenvalue weighted by molar-refractivity contribution is 6.31. The van der Waals surface area contributed by atoms with E-state index in [2.05, 4.69) is 6.07 Å². The molecule has 0 fully saturated rings. The van der Waals surface area contributed by atoms with Gasteiger partial charge in [-0.2, -0.15) is 0 Å². The van der Waals surface area contributed by atoms with E-state index in [9.17, 15) is 8.78 Å². The van der Waals surface area contributed by atoms with Gasteiger partial charge < -0.3 is 0 Å².